The molecule has 1 heteroatoms. The van der Waals surface area contributed by atoms with Gasteiger partial charge in [-0.25, -0.2) is 0 Å². The first-order chi connectivity index (χ1) is 9.68. The maximum absolute atomic E-state index is 13.2. The number of hydrogen-bond donors (Lipinski definition) is 0. The van der Waals surface area contributed by atoms with Crippen LogP contribution in [-0.4, -0.2) is 5.78 Å². The van der Waals surface area contributed by atoms with Crippen LogP contribution in [0.15, 0.2) is 24.3 Å². The molecular formula is C19H24O. The molecule has 106 valence electrons. The molecule has 4 saturated carbocycles. The van der Waals surface area contributed by atoms with Crippen LogP contribution in [0.3, 0.4) is 0 Å². The van der Waals surface area contributed by atoms with Gasteiger partial charge in [-0.3, -0.25) is 4.79 Å². The Morgan fingerprint density at radius 3 is 2.25 bits per heavy atom. The fourth-order valence-electron chi connectivity index (χ4n) is 5.63. The summed E-state index contributed by atoms with van der Waals surface area (Å²) in [4.78, 5) is 13.2. The van der Waals surface area contributed by atoms with Gasteiger partial charge in [-0.05, 0) is 74.3 Å². The predicted molar refractivity (Wildman–Crippen MR) is 80.8 cm³/mol. The number of hydrogen-bond acceptors (Lipinski definition) is 1. The molecule has 4 fully saturated rings. The topological polar surface area (TPSA) is 17.1 Å². The minimum absolute atomic E-state index is 0.0150. The normalized spacial score (nSPS) is 38.1. The fraction of sp³-hybridized carbons (Fsp3) is 0.632. The van der Waals surface area contributed by atoms with E-state index in [4.69, 9.17) is 0 Å². The van der Waals surface area contributed by atoms with Crippen LogP contribution >= 0.6 is 0 Å². The largest absolute Gasteiger partial charge is 0.294 e. The Balaban J connectivity index is 1.67. The monoisotopic (exact) mass is 268 g/mol. The van der Waals surface area contributed by atoms with Crippen LogP contribution in [0.2, 0.25) is 0 Å². The van der Waals surface area contributed by atoms with Crippen LogP contribution in [0.25, 0.3) is 0 Å². The van der Waals surface area contributed by atoms with Crippen molar-refractivity contribution in [3.8, 4) is 0 Å². The van der Waals surface area contributed by atoms with Crippen molar-refractivity contribution in [1.29, 1.82) is 0 Å². The molecule has 0 N–H and O–H groups in total. The van der Waals surface area contributed by atoms with Crippen LogP contribution < -0.4 is 0 Å². The van der Waals surface area contributed by atoms with Crippen LogP contribution in [0.4, 0.5) is 0 Å². The number of Topliss-reactive ketones (excluding diaryl/α,β-unsaturated/α-hetero) is 1. The van der Waals surface area contributed by atoms with Gasteiger partial charge in [0.05, 0.1) is 0 Å². The summed E-state index contributed by atoms with van der Waals surface area (Å²) in [6.07, 6.45) is 8.75. The zero-order valence-electron chi connectivity index (χ0n) is 12.4. The van der Waals surface area contributed by atoms with Crippen molar-refractivity contribution in [3.63, 3.8) is 0 Å². The molecular weight excluding hydrogens is 244 g/mol. The van der Waals surface area contributed by atoms with Crippen molar-refractivity contribution in [1.82, 2.24) is 0 Å². The average Bonchev–Trinajstić information content (AvgIpc) is 2.45. The van der Waals surface area contributed by atoms with Gasteiger partial charge in [-0.2, -0.15) is 0 Å². The molecule has 0 saturated heterocycles. The smallest absolute Gasteiger partial charge is 0.169 e. The summed E-state index contributed by atoms with van der Waals surface area (Å²) >= 11 is 0. The van der Waals surface area contributed by atoms with E-state index in [9.17, 15) is 4.79 Å². The van der Waals surface area contributed by atoms with Crippen LogP contribution in [-0.2, 0) is 6.42 Å². The van der Waals surface area contributed by atoms with Crippen LogP contribution in [0, 0.1) is 23.2 Å². The molecule has 5 rings (SSSR count). The minimum Gasteiger partial charge on any atom is -0.294 e. The lowest BCUT2D eigenvalue weighted by Crippen LogP contribution is -2.50. The standard InChI is InChI=1S/C19H24O/c1-2-13-4-3-5-17(9-13)18(20)19-10-14-6-15(11-19)8-16(7-14)12-19/h3-5,9,14-16H,2,6-8,10-12H2,1H3. The van der Waals surface area contributed by atoms with Crippen molar-refractivity contribution in [2.24, 2.45) is 23.2 Å². The molecule has 0 aromatic heterocycles. The number of rotatable bonds is 3. The van der Waals surface area contributed by atoms with E-state index in [1.165, 1.54) is 44.1 Å². The summed E-state index contributed by atoms with van der Waals surface area (Å²) < 4.78 is 0. The Hall–Kier alpha value is -1.11. The molecule has 4 aliphatic carbocycles. The highest BCUT2D eigenvalue weighted by molar-refractivity contribution is 6.01. The summed E-state index contributed by atoms with van der Waals surface area (Å²) in [5.41, 5.74) is 2.29. The zero-order valence-corrected chi connectivity index (χ0v) is 12.4. The molecule has 0 unspecified atom stereocenters. The molecule has 4 aliphatic rings. The lowest BCUT2D eigenvalue weighted by atomic mass is 9.48. The van der Waals surface area contributed by atoms with Crippen molar-refractivity contribution in [3.05, 3.63) is 35.4 Å². The first-order valence-corrected chi connectivity index (χ1v) is 8.32. The summed E-state index contributed by atoms with van der Waals surface area (Å²) in [7, 11) is 0. The minimum atomic E-state index is 0.0150. The second kappa shape index (κ2) is 4.44. The highest BCUT2D eigenvalue weighted by Gasteiger charge is 2.54. The predicted octanol–water partition coefficient (Wildman–Crippen LogP) is 4.65. The maximum atomic E-state index is 13.2. The molecule has 0 aliphatic heterocycles. The number of ketones is 1. The first kappa shape index (κ1) is 12.6. The lowest BCUT2D eigenvalue weighted by molar-refractivity contribution is -0.0353. The third-order valence-corrected chi connectivity index (χ3v) is 6.12. The lowest BCUT2D eigenvalue weighted by Gasteiger charge is -2.56. The Bertz CT molecular complexity index is 507. The average molecular weight is 268 g/mol. The van der Waals surface area contributed by atoms with Gasteiger partial charge in [0.1, 0.15) is 0 Å². The second-order valence-corrected chi connectivity index (χ2v) is 7.58. The van der Waals surface area contributed by atoms with E-state index in [1.807, 2.05) is 6.07 Å². The molecule has 1 aromatic rings. The van der Waals surface area contributed by atoms with E-state index < -0.39 is 0 Å². The first-order valence-electron chi connectivity index (χ1n) is 8.32. The van der Waals surface area contributed by atoms with Gasteiger partial charge in [0, 0.05) is 11.0 Å². The summed E-state index contributed by atoms with van der Waals surface area (Å²) in [6, 6.07) is 8.38. The van der Waals surface area contributed by atoms with Crippen molar-refractivity contribution in [2.75, 3.05) is 0 Å². The molecule has 1 nitrogen and oxygen atoms in total. The van der Waals surface area contributed by atoms with E-state index in [-0.39, 0.29) is 5.41 Å². The Kier molecular flexibility index (Phi) is 2.80. The molecule has 1 aromatic carbocycles. The van der Waals surface area contributed by atoms with Gasteiger partial charge < -0.3 is 0 Å². The van der Waals surface area contributed by atoms with E-state index >= 15 is 0 Å². The number of carbonyl (C=O) groups is 1. The molecule has 0 heterocycles. The van der Waals surface area contributed by atoms with Gasteiger partial charge in [0.2, 0.25) is 0 Å². The fourth-order valence-corrected chi connectivity index (χ4v) is 5.63. The molecule has 20 heavy (non-hydrogen) atoms. The van der Waals surface area contributed by atoms with Crippen molar-refractivity contribution in [2.45, 2.75) is 51.9 Å². The Morgan fingerprint density at radius 2 is 1.70 bits per heavy atom. The summed E-state index contributed by atoms with van der Waals surface area (Å²) in [5, 5.41) is 0. The van der Waals surface area contributed by atoms with E-state index in [1.54, 1.807) is 0 Å². The number of carbonyl (C=O) groups excluding carboxylic acids is 1. The zero-order chi connectivity index (χ0) is 13.7. The number of benzene rings is 1. The second-order valence-electron chi connectivity index (χ2n) is 7.58. The summed E-state index contributed by atoms with van der Waals surface area (Å²) in [5.74, 6) is 3.01. The van der Waals surface area contributed by atoms with Gasteiger partial charge >= 0.3 is 0 Å². The Morgan fingerprint density at radius 1 is 1.10 bits per heavy atom. The molecule has 0 radical (unpaired) electrons. The molecule has 0 atom stereocenters. The molecule has 4 bridgehead atoms. The summed E-state index contributed by atoms with van der Waals surface area (Å²) in [6.45, 7) is 2.16. The SMILES string of the molecule is CCc1cccc(C(=O)C23CC4CC(CC(C4)C2)C3)c1. The van der Waals surface area contributed by atoms with Gasteiger partial charge in [0.15, 0.2) is 5.78 Å². The van der Waals surface area contributed by atoms with Crippen molar-refractivity contribution < 1.29 is 4.79 Å². The van der Waals surface area contributed by atoms with E-state index in [2.05, 4.69) is 25.1 Å². The number of aryl methyl sites for hydroxylation is 1. The maximum Gasteiger partial charge on any atom is 0.169 e. The highest BCUT2D eigenvalue weighted by Crippen LogP contribution is 2.60. The quantitative estimate of drug-likeness (QED) is 0.729. The van der Waals surface area contributed by atoms with Gasteiger partial charge in [-0.15, -0.1) is 0 Å². The Labute approximate surface area is 121 Å². The molecule has 0 amide bonds. The van der Waals surface area contributed by atoms with Gasteiger partial charge in [0.25, 0.3) is 0 Å². The molecule has 0 spiro atoms. The third kappa shape index (κ3) is 1.86. The van der Waals surface area contributed by atoms with E-state index in [0.29, 0.717) is 5.78 Å². The van der Waals surface area contributed by atoms with Crippen molar-refractivity contribution >= 4 is 5.78 Å². The van der Waals surface area contributed by atoms with Crippen LogP contribution in [0.5, 0.6) is 0 Å². The highest BCUT2D eigenvalue weighted by atomic mass is 16.1. The van der Waals surface area contributed by atoms with Gasteiger partial charge in [-0.1, -0.05) is 25.1 Å². The van der Waals surface area contributed by atoms with E-state index in [0.717, 1.165) is 29.7 Å². The third-order valence-electron chi connectivity index (χ3n) is 6.12. The van der Waals surface area contributed by atoms with Crippen LogP contribution in [0.1, 0.15) is 61.4 Å².